The number of hydrogen-bond acceptors (Lipinski definition) is 3. The summed E-state index contributed by atoms with van der Waals surface area (Å²) in [6, 6.07) is 12.6. The van der Waals surface area contributed by atoms with E-state index in [1.54, 1.807) is 32.1 Å². The molecule has 8 heteroatoms. The third-order valence-electron chi connectivity index (χ3n) is 5.49. The van der Waals surface area contributed by atoms with Crippen molar-refractivity contribution in [2.75, 3.05) is 34.3 Å². The van der Waals surface area contributed by atoms with Crippen LogP contribution < -0.4 is 15.4 Å². The van der Waals surface area contributed by atoms with Crippen molar-refractivity contribution >= 4 is 35.8 Å². The molecule has 2 aromatic carbocycles. The first-order chi connectivity index (χ1) is 15.4. The Bertz CT molecular complexity index is 963. The van der Waals surface area contributed by atoms with Gasteiger partial charge < -0.3 is 20.3 Å². The van der Waals surface area contributed by atoms with Gasteiger partial charge in [-0.2, -0.15) is 0 Å². The minimum absolute atomic E-state index is 0. The summed E-state index contributed by atoms with van der Waals surface area (Å²) >= 11 is 0. The maximum Gasteiger partial charge on any atom is 0.253 e. The van der Waals surface area contributed by atoms with Gasteiger partial charge in [-0.15, -0.1) is 24.0 Å². The number of nitrogens with zero attached hydrogens (tertiary/aromatic N) is 2. The van der Waals surface area contributed by atoms with Crippen molar-refractivity contribution in [3.63, 3.8) is 0 Å². The Morgan fingerprint density at radius 1 is 1.24 bits per heavy atom. The van der Waals surface area contributed by atoms with E-state index in [9.17, 15) is 9.18 Å². The number of aliphatic imine (C=N–C) groups is 1. The fourth-order valence-corrected chi connectivity index (χ4v) is 3.32. The van der Waals surface area contributed by atoms with Gasteiger partial charge in [0, 0.05) is 33.3 Å². The van der Waals surface area contributed by atoms with E-state index in [1.807, 2.05) is 37.3 Å². The lowest BCUT2D eigenvalue weighted by molar-refractivity contribution is 0.0827. The normalized spacial score (nSPS) is 14.2. The Hall–Kier alpha value is -2.36. The number of hydrogen-bond donors (Lipinski definition) is 2. The van der Waals surface area contributed by atoms with E-state index in [2.05, 4.69) is 15.6 Å². The van der Waals surface area contributed by atoms with Crippen LogP contribution in [0.3, 0.4) is 0 Å². The molecule has 3 rings (SSSR count). The van der Waals surface area contributed by atoms with Gasteiger partial charge in [0.15, 0.2) is 17.5 Å². The van der Waals surface area contributed by atoms with Gasteiger partial charge in [-0.25, -0.2) is 4.39 Å². The summed E-state index contributed by atoms with van der Waals surface area (Å²) in [5, 5.41) is 6.57. The van der Waals surface area contributed by atoms with Gasteiger partial charge in [-0.1, -0.05) is 18.2 Å². The van der Waals surface area contributed by atoms with Crippen LogP contribution in [0.5, 0.6) is 5.75 Å². The highest BCUT2D eigenvalue weighted by atomic mass is 127. The van der Waals surface area contributed by atoms with Crippen LogP contribution in [0.1, 0.15) is 47.3 Å². The first-order valence-electron chi connectivity index (χ1n) is 11.1. The van der Waals surface area contributed by atoms with Crippen LogP contribution in [0, 0.1) is 11.7 Å². The van der Waals surface area contributed by atoms with Crippen molar-refractivity contribution in [3.8, 4) is 5.75 Å². The van der Waals surface area contributed by atoms with E-state index in [-0.39, 0.29) is 41.7 Å². The largest absolute Gasteiger partial charge is 0.490 e. The molecule has 1 fully saturated rings. The second-order valence-corrected chi connectivity index (χ2v) is 8.46. The first kappa shape index (κ1) is 26.9. The summed E-state index contributed by atoms with van der Waals surface area (Å²) in [6.07, 6.45) is 3.09. The zero-order valence-corrected chi connectivity index (χ0v) is 22.1. The van der Waals surface area contributed by atoms with Gasteiger partial charge in [0.25, 0.3) is 5.91 Å². The molecule has 1 amide bonds. The number of guanidine groups is 1. The number of ether oxygens (including phenoxy) is 1. The van der Waals surface area contributed by atoms with Crippen LogP contribution in [0.15, 0.2) is 47.5 Å². The molecule has 1 aliphatic carbocycles. The number of carbonyl (C=O) groups is 1. The van der Waals surface area contributed by atoms with Gasteiger partial charge in [-0.3, -0.25) is 9.79 Å². The van der Waals surface area contributed by atoms with E-state index in [4.69, 9.17) is 4.74 Å². The number of nitrogens with one attached hydrogen (secondary N) is 2. The Morgan fingerprint density at radius 2 is 2.00 bits per heavy atom. The molecule has 1 unspecified atom stereocenters. The molecule has 2 aromatic rings. The zero-order valence-electron chi connectivity index (χ0n) is 19.7. The van der Waals surface area contributed by atoms with Crippen LogP contribution in [0.4, 0.5) is 4.39 Å². The number of halogens is 2. The standard InChI is InChI=1S/C25H33FN4O2.HI/c1-17(20-10-11-23(22(26)15-20)32-16-19-8-9-19)29-25(27-2)28-13-12-18-6-5-7-21(14-18)24(31)30(3)4;/h5-7,10-11,14-15,17,19H,8-9,12-13,16H2,1-4H3,(H2,27,28,29);1H. The van der Waals surface area contributed by atoms with E-state index in [0.29, 0.717) is 36.3 Å². The molecule has 1 saturated carbocycles. The fourth-order valence-electron chi connectivity index (χ4n) is 3.32. The topological polar surface area (TPSA) is 66.0 Å². The maximum atomic E-state index is 14.4. The van der Waals surface area contributed by atoms with E-state index < -0.39 is 0 Å². The molecule has 0 spiro atoms. The number of rotatable bonds is 9. The van der Waals surface area contributed by atoms with E-state index in [0.717, 1.165) is 17.5 Å². The second kappa shape index (κ2) is 12.8. The summed E-state index contributed by atoms with van der Waals surface area (Å²) in [7, 11) is 5.19. The number of carbonyl (C=O) groups excluding carboxylic acids is 1. The zero-order chi connectivity index (χ0) is 23.1. The second-order valence-electron chi connectivity index (χ2n) is 8.46. The molecule has 0 heterocycles. The van der Waals surface area contributed by atoms with Gasteiger partial charge in [0.1, 0.15) is 0 Å². The molecule has 6 nitrogen and oxygen atoms in total. The summed E-state index contributed by atoms with van der Waals surface area (Å²) < 4.78 is 20.0. The average molecular weight is 568 g/mol. The van der Waals surface area contributed by atoms with Crippen LogP contribution in [0.25, 0.3) is 0 Å². The SMILES string of the molecule is CN=C(NCCc1cccc(C(=O)N(C)C)c1)NC(C)c1ccc(OCC2CC2)c(F)c1.I. The molecular formula is C25H34FIN4O2. The number of benzene rings is 2. The predicted molar refractivity (Wildman–Crippen MR) is 141 cm³/mol. The highest BCUT2D eigenvalue weighted by Gasteiger charge is 2.22. The Kier molecular flexibility index (Phi) is 10.4. The molecule has 180 valence electrons. The lowest BCUT2D eigenvalue weighted by Crippen LogP contribution is -2.39. The van der Waals surface area contributed by atoms with Gasteiger partial charge in [0.05, 0.1) is 12.6 Å². The molecule has 0 aromatic heterocycles. The molecule has 0 saturated heterocycles. The third kappa shape index (κ3) is 8.17. The average Bonchev–Trinajstić information content (AvgIpc) is 3.61. The van der Waals surface area contributed by atoms with Crippen molar-refractivity contribution in [1.29, 1.82) is 0 Å². The Labute approximate surface area is 213 Å². The minimum Gasteiger partial charge on any atom is -0.490 e. The minimum atomic E-state index is -0.341. The van der Waals surface area contributed by atoms with Crippen molar-refractivity contribution in [1.82, 2.24) is 15.5 Å². The predicted octanol–water partition coefficient (Wildman–Crippen LogP) is 4.40. The molecule has 0 radical (unpaired) electrons. The first-order valence-corrected chi connectivity index (χ1v) is 11.1. The van der Waals surface area contributed by atoms with Crippen LogP contribution >= 0.6 is 24.0 Å². The van der Waals surface area contributed by atoms with E-state index in [1.165, 1.54) is 18.9 Å². The van der Waals surface area contributed by atoms with E-state index >= 15 is 0 Å². The molecule has 2 N–H and O–H groups in total. The van der Waals surface area contributed by atoms with Crippen molar-refractivity contribution in [3.05, 3.63) is 65.0 Å². The summed E-state index contributed by atoms with van der Waals surface area (Å²) in [4.78, 5) is 18.0. The maximum absolute atomic E-state index is 14.4. The van der Waals surface area contributed by atoms with Crippen molar-refractivity contribution < 1.29 is 13.9 Å². The lowest BCUT2D eigenvalue weighted by Gasteiger charge is -2.19. The molecule has 1 atom stereocenters. The van der Waals surface area contributed by atoms with Crippen molar-refractivity contribution in [2.45, 2.75) is 32.2 Å². The third-order valence-corrected chi connectivity index (χ3v) is 5.49. The number of amides is 1. The molecule has 0 bridgehead atoms. The Balaban J connectivity index is 0.00000385. The Morgan fingerprint density at radius 3 is 2.64 bits per heavy atom. The van der Waals surface area contributed by atoms with Gasteiger partial charge in [-0.05, 0) is 67.5 Å². The molecular weight excluding hydrogens is 534 g/mol. The highest BCUT2D eigenvalue weighted by molar-refractivity contribution is 14.0. The molecule has 1 aliphatic rings. The highest BCUT2D eigenvalue weighted by Crippen LogP contribution is 2.30. The van der Waals surface area contributed by atoms with Crippen LogP contribution in [-0.4, -0.2) is 51.1 Å². The van der Waals surface area contributed by atoms with Gasteiger partial charge >= 0.3 is 0 Å². The molecule has 33 heavy (non-hydrogen) atoms. The van der Waals surface area contributed by atoms with Crippen molar-refractivity contribution in [2.24, 2.45) is 10.9 Å². The van der Waals surface area contributed by atoms with Crippen LogP contribution in [0.2, 0.25) is 0 Å². The quantitative estimate of drug-likeness (QED) is 0.268. The summed E-state index contributed by atoms with van der Waals surface area (Å²) in [5.41, 5.74) is 2.56. The molecule has 0 aliphatic heterocycles. The lowest BCUT2D eigenvalue weighted by atomic mass is 10.1. The monoisotopic (exact) mass is 568 g/mol. The summed E-state index contributed by atoms with van der Waals surface area (Å²) in [6.45, 7) is 3.20. The smallest absolute Gasteiger partial charge is 0.253 e. The van der Waals surface area contributed by atoms with Crippen LogP contribution in [-0.2, 0) is 6.42 Å². The fraction of sp³-hybridized carbons (Fsp3) is 0.440. The summed E-state index contributed by atoms with van der Waals surface area (Å²) in [5.74, 6) is 1.17. The van der Waals surface area contributed by atoms with Gasteiger partial charge in [0.2, 0.25) is 0 Å².